The summed E-state index contributed by atoms with van der Waals surface area (Å²) < 4.78 is 0. The molecule has 6 nitrogen and oxygen atoms in total. The van der Waals surface area contributed by atoms with Gasteiger partial charge in [-0.25, -0.2) is 4.79 Å². The summed E-state index contributed by atoms with van der Waals surface area (Å²) in [4.78, 5) is 20.9. The molecule has 0 radical (unpaired) electrons. The van der Waals surface area contributed by atoms with Gasteiger partial charge < -0.3 is 20.5 Å². The second kappa shape index (κ2) is 5.30. The van der Waals surface area contributed by atoms with Crippen molar-refractivity contribution in [3.8, 4) is 0 Å². The first kappa shape index (κ1) is 12.6. The van der Waals surface area contributed by atoms with Crippen molar-refractivity contribution < 1.29 is 0 Å². The number of aromatic nitrogens is 2. The smallest absolute Gasteiger partial charge is 0.347 e. The predicted molar refractivity (Wildman–Crippen MR) is 74.4 cm³/mol. The number of rotatable bonds is 3. The average molecular weight is 263 g/mol. The summed E-state index contributed by atoms with van der Waals surface area (Å²) >= 11 is 0. The molecule has 2 aliphatic rings. The molecular formula is C13H21N5O. The fourth-order valence-corrected chi connectivity index (χ4v) is 2.96. The molecule has 0 spiro atoms. The molecule has 104 valence electrons. The van der Waals surface area contributed by atoms with E-state index in [1.165, 1.54) is 6.42 Å². The number of likely N-dealkylation sites (tertiary alicyclic amines) is 1. The van der Waals surface area contributed by atoms with E-state index in [0.717, 1.165) is 56.2 Å². The van der Waals surface area contributed by atoms with E-state index >= 15 is 0 Å². The van der Waals surface area contributed by atoms with Gasteiger partial charge in [-0.2, -0.15) is 4.98 Å². The Labute approximate surface area is 112 Å². The maximum Gasteiger partial charge on any atom is 0.347 e. The first-order valence-corrected chi connectivity index (χ1v) is 6.97. The molecule has 19 heavy (non-hydrogen) atoms. The number of hydrogen-bond acceptors (Lipinski definition) is 5. The quantitative estimate of drug-likeness (QED) is 0.703. The fourth-order valence-electron chi connectivity index (χ4n) is 2.96. The molecular weight excluding hydrogens is 242 g/mol. The lowest BCUT2D eigenvalue weighted by atomic mass is 10.1. The Morgan fingerprint density at radius 1 is 1.53 bits per heavy atom. The maximum atomic E-state index is 11.6. The molecule has 0 aromatic carbocycles. The third-order valence-corrected chi connectivity index (χ3v) is 4.02. The van der Waals surface area contributed by atoms with Crippen LogP contribution in [0, 0.1) is 5.92 Å². The second-order valence-corrected chi connectivity index (χ2v) is 5.57. The lowest BCUT2D eigenvalue weighted by Crippen LogP contribution is -2.30. The van der Waals surface area contributed by atoms with E-state index < -0.39 is 0 Å². The third kappa shape index (κ3) is 2.79. The van der Waals surface area contributed by atoms with Crippen LogP contribution in [0.2, 0.25) is 0 Å². The van der Waals surface area contributed by atoms with Crippen LogP contribution < -0.4 is 16.3 Å². The van der Waals surface area contributed by atoms with Crippen molar-refractivity contribution in [1.29, 1.82) is 0 Å². The van der Waals surface area contributed by atoms with Gasteiger partial charge in [-0.3, -0.25) is 0 Å². The summed E-state index contributed by atoms with van der Waals surface area (Å²) in [5, 5.41) is 6.70. The van der Waals surface area contributed by atoms with Gasteiger partial charge in [0.2, 0.25) is 0 Å². The summed E-state index contributed by atoms with van der Waals surface area (Å²) in [7, 11) is 2.15. The Kier molecular flexibility index (Phi) is 3.52. The zero-order chi connectivity index (χ0) is 13.2. The Balaban J connectivity index is 1.73. The lowest BCUT2D eigenvalue weighted by Gasteiger charge is -2.20. The highest BCUT2D eigenvalue weighted by molar-refractivity contribution is 5.46. The van der Waals surface area contributed by atoms with Gasteiger partial charge >= 0.3 is 5.69 Å². The summed E-state index contributed by atoms with van der Waals surface area (Å²) in [6, 6.07) is 0. The molecule has 0 aliphatic carbocycles. The number of hydrogen-bond donors (Lipinski definition) is 3. The molecule has 6 heteroatoms. The van der Waals surface area contributed by atoms with Crippen molar-refractivity contribution in [1.82, 2.24) is 20.2 Å². The van der Waals surface area contributed by atoms with E-state index in [-0.39, 0.29) is 5.69 Å². The molecule has 3 N–H and O–H groups in total. The van der Waals surface area contributed by atoms with E-state index in [0.29, 0.717) is 5.92 Å². The molecule has 1 unspecified atom stereocenters. The average Bonchev–Trinajstić information content (AvgIpc) is 2.81. The molecule has 3 rings (SSSR count). The number of fused-ring (bicyclic) bond motifs is 1. The van der Waals surface area contributed by atoms with Crippen LogP contribution in [0.4, 0.5) is 5.82 Å². The SMILES string of the molecule is CN1CCC(CNc2nc(=O)[nH]c3c2CNCC3)C1. The third-order valence-electron chi connectivity index (χ3n) is 4.02. The molecule has 1 fully saturated rings. The van der Waals surface area contributed by atoms with Gasteiger partial charge in [-0.05, 0) is 25.9 Å². The number of aromatic amines is 1. The molecule has 1 saturated heterocycles. The van der Waals surface area contributed by atoms with Crippen LogP contribution in [0.3, 0.4) is 0 Å². The summed E-state index contributed by atoms with van der Waals surface area (Å²) in [6.07, 6.45) is 2.08. The lowest BCUT2D eigenvalue weighted by molar-refractivity contribution is 0.399. The summed E-state index contributed by atoms with van der Waals surface area (Å²) in [5.41, 5.74) is 1.91. The van der Waals surface area contributed by atoms with Gasteiger partial charge in [0.05, 0.1) is 0 Å². The zero-order valence-corrected chi connectivity index (χ0v) is 11.3. The van der Waals surface area contributed by atoms with Crippen LogP contribution in [-0.2, 0) is 13.0 Å². The monoisotopic (exact) mass is 263 g/mol. The molecule has 0 amide bonds. The van der Waals surface area contributed by atoms with Gasteiger partial charge in [0, 0.05) is 43.9 Å². The van der Waals surface area contributed by atoms with Crippen LogP contribution in [-0.4, -0.2) is 48.1 Å². The van der Waals surface area contributed by atoms with Crippen LogP contribution >= 0.6 is 0 Å². The molecule has 0 saturated carbocycles. The molecule has 2 aliphatic heterocycles. The van der Waals surface area contributed by atoms with Crippen molar-refractivity contribution >= 4 is 5.82 Å². The van der Waals surface area contributed by atoms with Crippen LogP contribution in [0.15, 0.2) is 4.79 Å². The largest absolute Gasteiger partial charge is 0.369 e. The minimum Gasteiger partial charge on any atom is -0.369 e. The van der Waals surface area contributed by atoms with E-state index in [9.17, 15) is 4.79 Å². The van der Waals surface area contributed by atoms with Crippen molar-refractivity contribution in [3.63, 3.8) is 0 Å². The standard InChI is InChI=1S/C13H21N5O/c1-18-5-3-9(8-18)6-15-12-10-7-14-4-2-11(10)16-13(19)17-12/h9,14H,2-8H2,1H3,(H2,15,16,17,19). The van der Waals surface area contributed by atoms with E-state index in [4.69, 9.17) is 0 Å². The Hall–Kier alpha value is -1.40. The highest BCUT2D eigenvalue weighted by Gasteiger charge is 2.21. The Morgan fingerprint density at radius 2 is 2.42 bits per heavy atom. The van der Waals surface area contributed by atoms with Gasteiger partial charge in [-0.15, -0.1) is 0 Å². The molecule has 3 heterocycles. The highest BCUT2D eigenvalue weighted by atomic mass is 16.1. The highest BCUT2D eigenvalue weighted by Crippen LogP contribution is 2.19. The van der Waals surface area contributed by atoms with Crippen molar-refractivity contribution in [2.45, 2.75) is 19.4 Å². The maximum absolute atomic E-state index is 11.6. The van der Waals surface area contributed by atoms with Gasteiger partial charge in [0.1, 0.15) is 5.82 Å². The normalized spacial score (nSPS) is 23.3. The van der Waals surface area contributed by atoms with Crippen molar-refractivity contribution in [2.75, 3.05) is 38.5 Å². The summed E-state index contributed by atoms with van der Waals surface area (Å²) in [6.45, 7) is 4.88. The van der Waals surface area contributed by atoms with Crippen LogP contribution in [0.5, 0.6) is 0 Å². The first-order valence-electron chi connectivity index (χ1n) is 6.97. The molecule has 0 bridgehead atoms. The molecule has 1 aromatic rings. The van der Waals surface area contributed by atoms with Gasteiger partial charge in [-0.1, -0.05) is 0 Å². The Morgan fingerprint density at radius 3 is 3.21 bits per heavy atom. The van der Waals surface area contributed by atoms with E-state index in [1.54, 1.807) is 0 Å². The van der Waals surface area contributed by atoms with E-state index in [1.807, 2.05) is 0 Å². The first-order chi connectivity index (χ1) is 9.22. The van der Waals surface area contributed by atoms with Gasteiger partial charge in [0.15, 0.2) is 0 Å². The minimum atomic E-state index is -0.244. The van der Waals surface area contributed by atoms with Crippen molar-refractivity contribution in [2.24, 2.45) is 5.92 Å². The van der Waals surface area contributed by atoms with Crippen molar-refractivity contribution in [3.05, 3.63) is 21.7 Å². The fraction of sp³-hybridized carbons (Fsp3) is 0.692. The molecule has 1 aromatic heterocycles. The second-order valence-electron chi connectivity index (χ2n) is 5.57. The Bertz CT molecular complexity index is 512. The van der Waals surface area contributed by atoms with Gasteiger partial charge in [0.25, 0.3) is 0 Å². The topological polar surface area (TPSA) is 73.0 Å². The number of nitrogens with one attached hydrogen (secondary N) is 3. The van der Waals surface area contributed by atoms with Crippen LogP contribution in [0.25, 0.3) is 0 Å². The minimum absolute atomic E-state index is 0.244. The zero-order valence-electron chi connectivity index (χ0n) is 11.3. The number of H-pyrrole nitrogens is 1. The van der Waals surface area contributed by atoms with E-state index in [2.05, 4.69) is 32.5 Å². The van der Waals surface area contributed by atoms with Crippen LogP contribution in [0.1, 0.15) is 17.7 Å². The number of nitrogens with zero attached hydrogens (tertiary/aromatic N) is 2. The number of anilines is 1. The summed E-state index contributed by atoms with van der Waals surface area (Å²) in [5.74, 6) is 1.42. The molecule has 1 atom stereocenters. The predicted octanol–water partition coefficient (Wildman–Crippen LogP) is -0.221.